The fourth-order valence-corrected chi connectivity index (χ4v) is 3.51. The first kappa shape index (κ1) is 28.1. The van der Waals surface area contributed by atoms with Gasteiger partial charge in [-0.15, -0.1) is 0 Å². The summed E-state index contributed by atoms with van der Waals surface area (Å²) in [5, 5.41) is 17.2. The van der Waals surface area contributed by atoms with Gasteiger partial charge in [0.1, 0.15) is 6.04 Å². The Bertz CT molecular complexity index is 1270. The molecule has 0 spiro atoms. The molecule has 9 heteroatoms. The maximum atomic E-state index is 12.3. The van der Waals surface area contributed by atoms with E-state index >= 15 is 0 Å². The topological polar surface area (TPSA) is 146 Å². The predicted molar refractivity (Wildman–Crippen MR) is 145 cm³/mol. The van der Waals surface area contributed by atoms with Gasteiger partial charge in [-0.2, -0.15) is 0 Å². The number of amides is 3. The highest BCUT2D eigenvalue weighted by Gasteiger charge is 2.19. The van der Waals surface area contributed by atoms with Gasteiger partial charge in [0.25, 0.3) is 11.8 Å². The second kappa shape index (κ2) is 14.9. The van der Waals surface area contributed by atoms with Gasteiger partial charge in [-0.1, -0.05) is 42.2 Å². The lowest BCUT2D eigenvalue weighted by atomic mass is 10.1. The maximum absolute atomic E-state index is 12.3. The zero-order valence-corrected chi connectivity index (χ0v) is 20.9. The second-order valence-electron chi connectivity index (χ2n) is 8.46. The summed E-state index contributed by atoms with van der Waals surface area (Å²) >= 11 is 0. The largest absolute Gasteiger partial charge is 0.339 e. The predicted octanol–water partition coefficient (Wildman–Crippen LogP) is 1.81. The van der Waals surface area contributed by atoms with Crippen molar-refractivity contribution in [1.29, 1.82) is 0 Å². The van der Waals surface area contributed by atoms with Crippen LogP contribution in [0.15, 0.2) is 78.9 Å². The molecule has 3 aromatic carbocycles. The standard InChI is InChI=1S/C29H31N5O4/c30-19-26(29(37)34-38)33-28(36)24-14-10-22(11-15-24)8-9-23-12-16-25(17-13-23)32-27(35)20-31-18-4-7-21-5-2-1-3-6-21/h1-3,5-6,10-17,26,31,38H,4,7,18-20,30H2,(H,32,35)(H,33,36)(H,34,37)/t26-/m0/s1. The molecule has 196 valence electrons. The number of nitrogens with one attached hydrogen (secondary N) is 4. The van der Waals surface area contributed by atoms with Crippen LogP contribution in [0, 0.1) is 11.8 Å². The summed E-state index contributed by atoms with van der Waals surface area (Å²) in [6.07, 6.45) is 1.93. The van der Waals surface area contributed by atoms with Crippen molar-refractivity contribution in [3.63, 3.8) is 0 Å². The Labute approximate surface area is 221 Å². The first-order valence-electron chi connectivity index (χ1n) is 12.2. The number of rotatable bonds is 11. The summed E-state index contributed by atoms with van der Waals surface area (Å²) in [6, 6.07) is 23.0. The van der Waals surface area contributed by atoms with Crippen molar-refractivity contribution in [2.24, 2.45) is 5.73 Å². The van der Waals surface area contributed by atoms with Crippen LogP contribution in [0.4, 0.5) is 5.69 Å². The Kier molecular flexibility index (Phi) is 11.0. The quantitative estimate of drug-likeness (QED) is 0.0998. The van der Waals surface area contributed by atoms with Crippen LogP contribution >= 0.6 is 0 Å². The molecular formula is C29H31N5O4. The molecule has 0 saturated heterocycles. The maximum Gasteiger partial charge on any atom is 0.267 e. The minimum absolute atomic E-state index is 0.109. The third-order valence-electron chi connectivity index (χ3n) is 5.58. The summed E-state index contributed by atoms with van der Waals surface area (Å²) in [5.74, 6) is 4.67. The minimum Gasteiger partial charge on any atom is -0.339 e. The Morgan fingerprint density at radius 2 is 1.50 bits per heavy atom. The van der Waals surface area contributed by atoms with Gasteiger partial charge in [0.15, 0.2) is 0 Å². The molecule has 0 saturated carbocycles. The van der Waals surface area contributed by atoms with E-state index in [4.69, 9.17) is 10.9 Å². The zero-order chi connectivity index (χ0) is 27.2. The molecule has 0 aliphatic carbocycles. The smallest absolute Gasteiger partial charge is 0.267 e. The van der Waals surface area contributed by atoms with Crippen molar-refractivity contribution in [1.82, 2.24) is 16.1 Å². The molecule has 0 bridgehead atoms. The highest BCUT2D eigenvalue weighted by Crippen LogP contribution is 2.10. The van der Waals surface area contributed by atoms with Crippen LogP contribution in [-0.2, 0) is 16.0 Å². The van der Waals surface area contributed by atoms with Gasteiger partial charge in [0.05, 0.1) is 6.54 Å². The van der Waals surface area contributed by atoms with Crippen molar-refractivity contribution in [2.75, 3.05) is 25.0 Å². The van der Waals surface area contributed by atoms with Gasteiger partial charge in [0.2, 0.25) is 5.91 Å². The number of aryl methyl sites for hydroxylation is 1. The molecule has 1 atom stereocenters. The molecule has 38 heavy (non-hydrogen) atoms. The second-order valence-corrected chi connectivity index (χ2v) is 8.46. The highest BCUT2D eigenvalue weighted by atomic mass is 16.5. The van der Waals surface area contributed by atoms with E-state index in [0.717, 1.165) is 24.9 Å². The SMILES string of the molecule is NC[C@H](NC(=O)c1ccc(C#Cc2ccc(NC(=O)CNCCCc3ccccc3)cc2)cc1)C(=O)NO. The van der Waals surface area contributed by atoms with Crippen molar-refractivity contribution in [2.45, 2.75) is 18.9 Å². The van der Waals surface area contributed by atoms with Crippen molar-refractivity contribution in [3.05, 3.63) is 101 Å². The van der Waals surface area contributed by atoms with E-state index in [1.807, 2.05) is 30.3 Å². The van der Waals surface area contributed by atoms with Crippen LogP contribution in [-0.4, -0.2) is 48.6 Å². The summed E-state index contributed by atoms with van der Waals surface area (Å²) in [6.45, 7) is 0.847. The first-order chi connectivity index (χ1) is 18.5. The van der Waals surface area contributed by atoms with Crippen LogP contribution in [0.2, 0.25) is 0 Å². The van der Waals surface area contributed by atoms with E-state index in [2.05, 4.69) is 39.9 Å². The van der Waals surface area contributed by atoms with E-state index in [1.54, 1.807) is 36.4 Å². The van der Waals surface area contributed by atoms with Crippen LogP contribution < -0.4 is 27.2 Å². The average Bonchev–Trinajstić information content (AvgIpc) is 2.95. The van der Waals surface area contributed by atoms with Gasteiger partial charge in [-0.05, 0) is 73.5 Å². The zero-order valence-electron chi connectivity index (χ0n) is 20.9. The summed E-state index contributed by atoms with van der Waals surface area (Å²) in [7, 11) is 0. The van der Waals surface area contributed by atoms with E-state index < -0.39 is 17.9 Å². The fraction of sp³-hybridized carbons (Fsp3) is 0.207. The average molecular weight is 514 g/mol. The molecule has 0 radical (unpaired) electrons. The number of anilines is 1. The lowest BCUT2D eigenvalue weighted by molar-refractivity contribution is -0.130. The first-order valence-corrected chi connectivity index (χ1v) is 12.2. The van der Waals surface area contributed by atoms with Gasteiger partial charge in [-0.25, -0.2) is 5.48 Å². The molecule has 0 fully saturated rings. The van der Waals surface area contributed by atoms with E-state index in [0.29, 0.717) is 16.8 Å². The van der Waals surface area contributed by atoms with Gasteiger partial charge in [0, 0.05) is 28.9 Å². The van der Waals surface area contributed by atoms with Gasteiger partial charge in [-0.3, -0.25) is 19.6 Å². The van der Waals surface area contributed by atoms with E-state index in [-0.39, 0.29) is 19.0 Å². The molecule has 7 N–H and O–H groups in total. The van der Waals surface area contributed by atoms with Crippen molar-refractivity contribution >= 4 is 23.4 Å². The molecule has 0 aliphatic heterocycles. The third-order valence-corrected chi connectivity index (χ3v) is 5.58. The number of hydrogen-bond donors (Lipinski definition) is 6. The Morgan fingerprint density at radius 1 is 0.868 bits per heavy atom. The summed E-state index contributed by atoms with van der Waals surface area (Å²) in [5.41, 5.74) is 10.7. The summed E-state index contributed by atoms with van der Waals surface area (Å²) < 4.78 is 0. The number of benzene rings is 3. The van der Waals surface area contributed by atoms with Crippen molar-refractivity contribution < 1.29 is 19.6 Å². The van der Waals surface area contributed by atoms with E-state index in [9.17, 15) is 14.4 Å². The molecule has 0 aromatic heterocycles. The van der Waals surface area contributed by atoms with Crippen molar-refractivity contribution in [3.8, 4) is 11.8 Å². The fourth-order valence-electron chi connectivity index (χ4n) is 3.51. The molecule has 3 rings (SSSR count). The van der Waals surface area contributed by atoms with Crippen LogP contribution in [0.5, 0.6) is 0 Å². The number of carbonyl (C=O) groups excluding carboxylic acids is 3. The molecule has 3 amide bonds. The number of hydroxylamine groups is 1. The number of carbonyl (C=O) groups is 3. The Balaban J connectivity index is 1.43. The monoisotopic (exact) mass is 513 g/mol. The third kappa shape index (κ3) is 9.19. The Hall–Kier alpha value is -4.49. The molecule has 3 aromatic rings. The lowest BCUT2D eigenvalue weighted by Gasteiger charge is -2.14. The number of hydrogen-bond acceptors (Lipinski definition) is 6. The molecule has 9 nitrogen and oxygen atoms in total. The van der Waals surface area contributed by atoms with Crippen LogP contribution in [0.3, 0.4) is 0 Å². The van der Waals surface area contributed by atoms with Crippen LogP contribution in [0.25, 0.3) is 0 Å². The molecule has 0 aliphatic rings. The lowest BCUT2D eigenvalue weighted by Crippen LogP contribution is -2.50. The summed E-state index contributed by atoms with van der Waals surface area (Å²) in [4.78, 5) is 35.9. The molecule has 0 unspecified atom stereocenters. The number of nitrogens with two attached hydrogens (primary N) is 1. The highest BCUT2D eigenvalue weighted by molar-refractivity contribution is 5.97. The van der Waals surface area contributed by atoms with Crippen LogP contribution in [0.1, 0.15) is 33.5 Å². The Morgan fingerprint density at radius 3 is 2.11 bits per heavy atom. The van der Waals surface area contributed by atoms with Gasteiger partial charge >= 0.3 is 0 Å². The molecule has 0 heterocycles. The molecular weight excluding hydrogens is 482 g/mol. The minimum atomic E-state index is -1.04. The normalized spacial score (nSPS) is 11.0. The van der Waals surface area contributed by atoms with Gasteiger partial charge < -0.3 is 21.7 Å². The van der Waals surface area contributed by atoms with E-state index in [1.165, 1.54) is 11.0 Å².